The van der Waals surface area contributed by atoms with Crippen LogP contribution in [0.25, 0.3) is 0 Å². The van der Waals surface area contributed by atoms with Gasteiger partial charge < -0.3 is 10.6 Å². The van der Waals surface area contributed by atoms with Gasteiger partial charge in [-0.05, 0) is 31.5 Å². The third kappa shape index (κ3) is 4.89. The fraction of sp³-hybridized carbons (Fsp3) is 0.222. The maximum Gasteiger partial charge on any atom is 0.270 e. The highest BCUT2D eigenvalue weighted by Gasteiger charge is 2.20. The number of amides is 2. The molecular weight excluding hydrogens is 402 g/mol. The second-order valence-electron chi connectivity index (χ2n) is 5.75. The van der Waals surface area contributed by atoms with Gasteiger partial charge in [-0.1, -0.05) is 40.2 Å². The summed E-state index contributed by atoms with van der Waals surface area (Å²) >= 11 is 3.44. The van der Waals surface area contributed by atoms with Crippen LogP contribution < -0.4 is 10.6 Å². The van der Waals surface area contributed by atoms with E-state index in [2.05, 4.69) is 26.6 Å². The van der Waals surface area contributed by atoms with Crippen molar-refractivity contribution in [2.45, 2.75) is 25.9 Å². The second kappa shape index (κ2) is 8.57. The lowest BCUT2D eigenvalue weighted by atomic mass is 10.1. The Morgan fingerprint density at radius 2 is 1.77 bits per heavy atom. The normalized spacial score (nSPS) is 12.7. The van der Waals surface area contributed by atoms with Crippen LogP contribution in [0.5, 0.6) is 0 Å². The van der Waals surface area contributed by atoms with E-state index < -0.39 is 16.9 Å². The summed E-state index contributed by atoms with van der Waals surface area (Å²) in [5, 5.41) is 16.2. The fourth-order valence-corrected chi connectivity index (χ4v) is 2.98. The number of benzene rings is 2. The smallest absolute Gasteiger partial charge is 0.270 e. The third-order valence-electron chi connectivity index (χ3n) is 3.79. The van der Waals surface area contributed by atoms with Gasteiger partial charge in [0.05, 0.1) is 11.0 Å². The Hall–Kier alpha value is -2.74. The van der Waals surface area contributed by atoms with E-state index in [0.29, 0.717) is 0 Å². The van der Waals surface area contributed by atoms with Gasteiger partial charge in [-0.15, -0.1) is 0 Å². The lowest BCUT2D eigenvalue weighted by Crippen LogP contribution is -2.45. The number of carbonyl (C=O) groups excluding carboxylic acids is 2. The minimum Gasteiger partial charge on any atom is -0.348 e. The molecule has 2 rings (SSSR count). The number of hydrogen-bond donors (Lipinski definition) is 2. The summed E-state index contributed by atoms with van der Waals surface area (Å²) in [6.07, 6.45) is 0. The fourth-order valence-electron chi connectivity index (χ4n) is 2.35. The van der Waals surface area contributed by atoms with Crippen LogP contribution >= 0.6 is 15.9 Å². The Labute approximate surface area is 159 Å². The molecule has 0 aliphatic rings. The van der Waals surface area contributed by atoms with Gasteiger partial charge in [0.1, 0.15) is 6.04 Å². The van der Waals surface area contributed by atoms with Crippen LogP contribution in [0, 0.1) is 10.1 Å². The van der Waals surface area contributed by atoms with Crippen LogP contribution in [0.4, 0.5) is 5.69 Å². The van der Waals surface area contributed by atoms with E-state index in [1.54, 1.807) is 6.92 Å². The highest BCUT2D eigenvalue weighted by molar-refractivity contribution is 9.10. The van der Waals surface area contributed by atoms with E-state index in [-0.39, 0.29) is 23.2 Å². The molecule has 0 radical (unpaired) electrons. The van der Waals surface area contributed by atoms with Crippen molar-refractivity contribution in [1.82, 2.24) is 10.6 Å². The van der Waals surface area contributed by atoms with Crippen molar-refractivity contribution in [2.24, 2.45) is 0 Å². The Bertz CT molecular complexity index is 841. The zero-order valence-corrected chi connectivity index (χ0v) is 15.8. The Balaban J connectivity index is 2.00. The first-order valence-corrected chi connectivity index (χ1v) is 8.69. The van der Waals surface area contributed by atoms with Crippen molar-refractivity contribution < 1.29 is 14.5 Å². The molecule has 26 heavy (non-hydrogen) atoms. The number of nitrogens with one attached hydrogen (secondary N) is 2. The predicted molar refractivity (Wildman–Crippen MR) is 101 cm³/mol. The number of nitrogens with zero attached hydrogens (tertiary/aromatic N) is 1. The molecule has 0 aliphatic carbocycles. The molecule has 0 spiro atoms. The van der Waals surface area contributed by atoms with Crippen LogP contribution in [0.3, 0.4) is 0 Å². The highest BCUT2D eigenvalue weighted by Crippen LogP contribution is 2.22. The molecule has 0 saturated carbocycles. The molecule has 0 bridgehead atoms. The molecule has 7 nitrogen and oxygen atoms in total. The summed E-state index contributed by atoms with van der Waals surface area (Å²) in [6, 6.07) is 11.8. The number of nitro groups is 1. The summed E-state index contributed by atoms with van der Waals surface area (Å²) in [5.74, 6) is -0.906. The summed E-state index contributed by atoms with van der Waals surface area (Å²) in [7, 11) is 0. The molecule has 2 unspecified atom stereocenters. The lowest BCUT2D eigenvalue weighted by Gasteiger charge is -2.19. The topological polar surface area (TPSA) is 101 Å². The molecule has 0 fully saturated rings. The van der Waals surface area contributed by atoms with Crippen molar-refractivity contribution in [3.8, 4) is 0 Å². The van der Waals surface area contributed by atoms with Gasteiger partial charge in [-0.25, -0.2) is 0 Å². The maximum atomic E-state index is 12.3. The highest BCUT2D eigenvalue weighted by atomic mass is 79.9. The Kier molecular flexibility index (Phi) is 6.46. The average molecular weight is 420 g/mol. The predicted octanol–water partition coefficient (Wildman–Crippen LogP) is 3.35. The molecule has 2 aromatic carbocycles. The lowest BCUT2D eigenvalue weighted by molar-refractivity contribution is -0.384. The number of carbonyl (C=O) groups is 2. The van der Waals surface area contributed by atoms with Crippen LogP contribution in [-0.2, 0) is 4.79 Å². The van der Waals surface area contributed by atoms with Crippen LogP contribution in [-0.4, -0.2) is 22.8 Å². The largest absolute Gasteiger partial charge is 0.348 e. The number of nitro benzene ring substituents is 1. The van der Waals surface area contributed by atoms with E-state index in [0.717, 1.165) is 10.0 Å². The molecule has 0 aliphatic heterocycles. The molecule has 2 aromatic rings. The van der Waals surface area contributed by atoms with Gasteiger partial charge in [0.25, 0.3) is 11.6 Å². The van der Waals surface area contributed by atoms with E-state index >= 15 is 0 Å². The molecule has 2 amide bonds. The Morgan fingerprint density at radius 3 is 2.42 bits per heavy atom. The molecule has 136 valence electrons. The second-order valence-corrected chi connectivity index (χ2v) is 6.61. The first kappa shape index (κ1) is 19.6. The van der Waals surface area contributed by atoms with Crippen molar-refractivity contribution in [3.63, 3.8) is 0 Å². The molecule has 0 aromatic heterocycles. The minimum absolute atomic E-state index is 0.123. The molecule has 2 N–H and O–H groups in total. The van der Waals surface area contributed by atoms with Gasteiger partial charge in [-0.3, -0.25) is 19.7 Å². The molecule has 8 heteroatoms. The van der Waals surface area contributed by atoms with E-state index in [4.69, 9.17) is 0 Å². The van der Waals surface area contributed by atoms with Gasteiger partial charge in [0, 0.05) is 22.2 Å². The van der Waals surface area contributed by atoms with Crippen molar-refractivity contribution in [2.75, 3.05) is 0 Å². The van der Waals surface area contributed by atoms with E-state index in [1.807, 2.05) is 31.2 Å². The van der Waals surface area contributed by atoms with Gasteiger partial charge >= 0.3 is 0 Å². The first-order valence-electron chi connectivity index (χ1n) is 7.89. The van der Waals surface area contributed by atoms with Crippen LogP contribution in [0.15, 0.2) is 53.0 Å². The number of rotatable bonds is 6. The Morgan fingerprint density at radius 1 is 1.08 bits per heavy atom. The average Bonchev–Trinajstić information content (AvgIpc) is 2.61. The number of non-ortho nitro benzene ring substituents is 1. The third-order valence-corrected chi connectivity index (χ3v) is 4.51. The summed E-state index contributed by atoms with van der Waals surface area (Å²) in [6.45, 7) is 3.39. The van der Waals surface area contributed by atoms with E-state index in [9.17, 15) is 19.7 Å². The summed E-state index contributed by atoms with van der Waals surface area (Å²) in [4.78, 5) is 34.8. The zero-order valence-electron chi connectivity index (χ0n) is 14.2. The SMILES string of the molecule is CC(NC(=O)c1cccc([N+](=O)[O-])c1)C(=O)NC(C)c1ccccc1Br. The van der Waals surface area contributed by atoms with Crippen molar-refractivity contribution in [1.29, 1.82) is 0 Å². The monoisotopic (exact) mass is 419 g/mol. The van der Waals surface area contributed by atoms with E-state index in [1.165, 1.54) is 24.3 Å². The van der Waals surface area contributed by atoms with Crippen LogP contribution in [0.1, 0.15) is 35.8 Å². The summed E-state index contributed by atoms with van der Waals surface area (Å²) < 4.78 is 0.876. The minimum atomic E-state index is -0.799. The quantitative estimate of drug-likeness (QED) is 0.553. The van der Waals surface area contributed by atoms with Gasteiger partial charge in [0.2, 0.25) is 5.91 Å². The van der Waals surface area contributed by atoms with Gasteiger partial charge in [-0.2, -0.15) is 0 Å². The first-order chi connectivity index (χ1) is 12.3. The standard InChI is InChI=1S/C18H18BrN3O4/c1-11(15-8-3-4-9-16(15)19)20-17(23)12(2)21-18(24)13-6-5-7-14(10-13)22(25)26/h3-12H,1-2H3,(H,20,23)(H,21,24). The number of halogens is 1. The summed E-state index contributed by atoms with van der Waals surface area (Å²) in [5.41, 5.74) is 0.855. The van der Waals surface area contributed by atoms with Crippen molar-refractivity contribution >= 4 is 33.4 Å². The van der Waals surface area contributed by atoms with Crippen molar-refractivity contribution in [3.05, 3.63) is 74.2 Å². The molecule has 2 atom stereocenters. The van der Waals surface area contributed by atoms with Gasteiger partial charge in [0.15, 0.2) is 0 Å². The number of hydrogen-bond acceptors (Lipinski definition) is 4. The molecule has 0 saturated heterocycles. The zero-order chi connectivity index (χ0) is 19.3. The van der Waals surface area contributed by atoms with Crippen LogP contribution in [0.2, 0.25) is 0 Å². The molecular formula is C18H18BrN3O4. The maximum absolute atomic E-state index is 12.3. The molecule has 0 heterocycles.